The molecule has 13 heteroatoms. The molecule has 2 aromatic heterocycles. The van der Waals surface area contributed by atoms with Crippen LogP contribution in [0.4, 0.5) is 43.8 Å². The fourth-order valence-electron chi connectivity index (χ4n) is 3.94. The molecule has 184 valence electrons. The molecule has 1 saturated carbocycles. The van der Waals surface area contributed by atoms with Crippen molar-refractivity contribution in [3.05, 3.63) is 35.7 Å². The second kappa shape index (κ2) is 8.93. The standard InChI is InChI=1S/C21H23F6N7/c1-2-34-10-29-16-17(32-19(33-18(16)34)31-14-5-3-13(28)4-6-14)30-15-8-11(20(22,23)24)7-12(9-15)21(25,26)27/h7-10,13-14H,2-6,28H2,1H3,(H2,30,31,32,33)/t13-,14-. The zero-order valence-electron chi connectivity index (χ0n) is 18.1. The summed E-state index contributed by atoms with van der Waals surface area (Å²) in [5.41, 5.74) is 3.31. The van der Waals surface area contributed by atoms with Gasteiger partial charge < -0.3 is 20.9 Å². The first-order valence-electron chi connectivity index (χ1n) is 10.8. The summed E-state index contributed by atoms with van der Waals surface area (Å²) < 4.78 is 81.3. The first-order valence-corrected chi connectivity index (χ1v) is 10.8. The van der Waals surface area contributed by atoms with Gasteiger partial charge in [-0.1, -0.05) is 0 Å². The van der Waals surface area contributed by atoms with Gasteiger partial charge in [-0.3, -0.25) is 0 Å². The first kappa shape index (κ1) is 24.0. The van der Waals surface area contributed by atoms with Gasteiger partial charge in [0, 0.05) is 24.3 Å². The molecule has 3 aromatic rings. The molecule has 1 aliphatic rings. The third-order valence-electron chi connectivity index (χ3n) is 5.76. The van der Waals surface area contributed by atoms with Gasteiger partial charge in [-0.15, -0.1) is 0 Å². The monoisotopic (exact) mass is 487 g/mol. The molecular weight excluding hydrogens is 464 g/mol. The Morgan fingerprint density at radius 1 is 0.971 bits per heavy atom. The molecule has 7 nitrogen and oxygen atoms in total. The average Bonchev–Trinajstić information content (AvgIpc) is 3.17. The van der Waals surface area contributed by atoms with E-state index < -0.39 is 29.2 Å². The van der Waals surface area contributed by atoms with E-state index in [0.29, 0.717) is 24.3 Å². The van der Waals surface area contributed by atoms with Crippen molar-refractivity contribution in [1.29, 1.82) is 0 Å². The molecule has 0 aliphatic heterocycles. The number of alkyl halides is 6. The molecule has 0 spiro atoms. The van der Waals surface area contributed by atoms with Gasteiger partial charge in [0.2, 0.25) is 5.95 Å². The predicted octanol–water partition coefficient (Wildman–Crippen LogP) is 5.31. The molecule has 1 aromatic carbocycles. The van der Waals surface area contributed by atoms with E-state index in [0.717, 1.165) is 25.7 Å². The lowest BCUT2D eigenvalue weighted by Crippen LogP contribution is -2.33. The fraction of sp³-hybridized carbons (Fsp3) is 0.476. The minimum absolute atomic E-state index is 0.000315. The summed E-state index contributed by atoms with van der Waals surface area (Å²) >= 11 is 0. The molecule has 0 amide bonds. The lowest BCUT2D eigenvalue weighted by atomic mass is 9.92. The van der Waals surface area contributed by atoms with Crippen LogP contribution >= 0.6 is 0 Å². The molecule has 0 radical (unpaired) electrons. The number of aromatic nitrogens is 4. The van der Waals surface area contributed by atoms with Crippen molar-refractivity contribution in [3.8, 4) is 0 Å². The molecule has 4 rings (SSSR count). The van der Waals surface area contributed by atoms with Crippen molar-refractivity contribution in [2.45, 2.75) is 63.6 Å². The Balaban J connectivity index is 1.74. The Labute approximate surface area is 190 Å². The highest BCUT2D eigenvalue weighted by Crippen LogP contribution is 2.38. The number of imidazole rings is 1. The fourth-order valence-corrected chi connectivity index (χ4v) is 3.94. The van der Waals surface area contributed by atoms with E-state index in [1.54, 1.807) is 4.57 Å². The van der Waals surface area contributed by atoms with Crippen LogP contribution < -0.4 is 16.4 Å². The number of aryl methyl sites for hydroxylation is 1. The first-order chi connectivity index (χ1) is 15.9. The molecule has 34 heavy (non-hydrogen) atoms. The van der Waals surface area contributed by atoms with Gasteiger partial charge in [-0.2, -0.15) is 36.3 Å². The van der Waals surface area contributed by atoms with Gasteiger partial charge >= 0.3 is 12.4 Å². The Hall–Kier alpha value is -3.09. The van der Waals surface area contributed by atoms with E-state index in [4.69, 9.17) is 5.73 Å². The van der Waals surface area contributed by atoms with Crippen LogP contribution in [0, 0.1) is 0 Å². The Bertz CT molecular complexity index is 1130. The maximum absolute atomic E-state index is 13.3. The highest BCUT2D eigenvalue weighted by atomic mass is 19.4. The van der Waals surface area contributed by atoms with E-state index in [1.165, 1.54) is 6.33 Å². The average molecular weight is 487 g/mol. The van der Waals surface area contributed by atoms with Gasteiger partial charge in [-0.05, 0) is 50.8 Å². The molecule has 4 N–H and O–H groups in total. The van der Waals surface area contributed by atoms with Gasteiger partial charge in [0.25, 0.3) is 0 Å². The van der Waals surface area contributed by atoms with Crippen molar-refractivity contribution in [3.63, 3.8) is 0 Å². The number of nitrogens with zero attached hydrogens (tertiary/aromatic N) is 4. The van der Waals surface area contributed by atoms with Crippen molar-refractivity contribution in [2.75, 3.05) is 10.6 Å². The largest absolute Gasteiger partial charge is 0.416 e. The lowest BCUT2D eigenvalue weighted by Gasteiger charge is -2.26. The Morgan fingerprint density at radius 3 is 2.15 bits per heavy atom. The van der Waals surface area contributed by atoms with Crippen LogP contribution in [-0.2, 0) is 18.9 Å². The topological polar surface area (TPSA) is 93.7 Å². The smallest absolute Gasteiger partial charge is 0.351 e. The SMILES string of the molecule is CCn1cnc2c(Nc3cc(C(F)(F)F)cc(C(F)(F)F)c3)nc(N[C@H]3CC[C@H](N)CC3)nc21. The maximum Gasteiger partial charge on any atom is 0.416 e. The molecule has 1 aliphatic carbocycles. The van der Waals surface area contributed by atoms with Crippen LogP contribution in [0.15, 0.2) is 24.5 Å². The van der Waals surface area contributed by atoms with Crippen LogP contribution in [0.2, 0.25) is 0 Å². The second-order valence-corrected chi connectivity index (χ2v) is 8.27. The molecule has 0 saturated heterocycles. The summed E-state index contributed by atoms with van der Waals surface area (Å²) in [5.74, 6) is 0.202. The summed E-state index contributed by atoms with van der Waals surface area (Å²) in [6.07, 6.45) is -5.21. The van der Waals surface area contributed by atoms with Gasteiger partial charge in [0.1, 0.15) is 0 Å². The minimum Gasteiger partial charge on any atom is -0.351 e. The van der Waals surface area contributed by atoms with Crippen LogP contribution in [0.1, 0.15) is 43.7 Å². The Kier molecular flexibility index (Phi) is 6.32. The van der Waals surface area contributed by atoms with Crippen LogP contribution in [0.5, 0.6) is 0 Å². The number of hydrogen-bond acceptors (Lipinski definition) is 6. The van der Waals surface area contributed by atoms with E-state index in [9.17, 15) is 26.3 Å². The Morgan fingerprint density at radius 2 is 1.59 bits per heavy atom. The van der Waals surface area contributed by atoms with Crippen LogP contribution in [0.25, 0.3) is 11.2 Å². The number of benzene rings is 1. The van der Waals surface area contributed by atoms with Crippen LogP contribution in [-0.4, -0.2) is 31.6 Å². The number of nitrogens with one attached hydrogen (secondary N) is 2. The van der Waals surface area contributed by atoms with E-state index in [1.807, 2.05) is 6.92 Å². The van der Waals surface area contributed by atoms with Crippen molar-refractivity contribution in [2.24, 2.45) is 5.73 Å². The zero-order valence-corrected chi connectivity index (χ0v) is 18.1. The summed E-state index contributed by atoms with van der Waals surface area (Å²) in [6, 6.07) is 1.47. The minimum atomic E-state index is -4.96. The summed E-state index contributed by atoms with van der Waals surface area (Å²) in [5, 5.41) is 5.82. The van der Waals surface area contributed by atoms with E-state index in [2.05, 4.69) is 25.6 Å². The number of anilines is 3. The number of halogens is 6. The van der Waals surface area contributed by atoms with E-state index >= 15 is 0 Å². The van der Waals surface area contributed by atoms with Crippen molar-refractivity contribution in [1.82, 2.24) is 19.5 Å². The predicted molar refractivity (Wildman–Crippen MR) is 115 cm³/mol. The lowest BCUT2D eigenvalue weighted by molar-refractivity contribution is -0.143. The van der Waals surface area contributed by atoms with Crippen molar-refractivity contribution < 1.29 is 26.3 Å². The third-order valence-corrected chi connectivity index (χ3v) is 5.76. The number of rotatable bonds is 5. The van der Waals surface area contributed by atoms with Crippen molar-refractivity contribution >= 4 is 28.6 Å². The number of nitrogens with two attached hydrogens (primary N) is 1. The summed E-state index contributed by atoms with van der Waals surface area (Å²) in [7, 11) is 0. The van der Waals surface area contributed by atoms with Crippen LogP contribution in [0.3, 0.4) is 0 Å². The normalized spacial score (nSPS) is 19.4. The van der Waals surface area contributed by atoms with E-state index in [-0.39, 0.29) is 35.4 Å². The third kappa shape index (κ3) is 5.18. The molecular formula is C21H23F6N7. The van der Waals surface area contributed by atoms with Gasteiger partial charge in [0.15, 0.2) is 17.0 Å². The summed E-state index contributed by atoms with van der Waals surface area (Å²) in [4.78, 5) is 13.0. The maximum atomic E-state index is 13.3. The quantitative estimate of drug-likeness (QED) is 0.423. The molecule has 2 heterocycles. The molecule has 1 fully saturated rings. The second-order valence-electron chi connectivity index (χ2n) is 8.27. The molecule has 0 atom stereocenters. The summed E-state index contributed by atoms with van der Waals surface area (Å²) in [6.45, 7) is 2.36. The number of hydrogen-bond donors (Lipinski definition) is 3. The highest BCUT2D eigenvalue weighted by Gasteiger charge is 2.37. The van der Waals surface area contributed by atoms with Gasteiger partial charge in [0.05, 0.1) is 17.5 Å². The highest BCUT2D eigenvalue weighted by molar-refractivity contribution is 5.86. The van der Waals surface area contributed by atoms with Gasteiger partial charge in [-0.25, -0.2) is 4.98 Å². The molecule has 0 unspecified atom stereocenters. The molecule has 0 bridgehead atoms. The number of fused-ring (bicyclic) bond motifs is 1. The zero-order chi connectivity index (χ0) is 24.7.